The van der Waals surface area contributed by atoms with Crippen molar-refractivity contribution in [2.75, 3.05) is 18.0 Å². The Morgan fingerprint density at radius 2 is 2.27 bits per heavy atom. The highest BCUT2D eigenvalue weighted by Crippen LogP contribution is 2.20. The summed E-state index contributed by atoms with van der Waals surface area (Å²) < 4.78 is 0. The smallest absolute Gasteiger partial charge is 0.131 e. The van der Waals surface area contributed by atoms with E-state index in [0.717, 1.165) is 18.9 Å². The SMILES string of the molecule is Cc1cccnc1N1CC(C)NCC1C. The Morgan fingerprint density at radius 1 is 1.47 bits per heavy atom. The average Bonchev–Trinajstić information content (AvgIpc) is 2.23. The van der Waals surface area contributed by atoms with Gasteiger partial charge in [0.25, 0.3) is 0 Å². The molecule has 0 amide bonds. The molecular weight excluding hydrogens is 186 g/mol. The van der Waals surface area contributed by atoms with Crippen molar-refractivity contribution in [1.82, 2.24) is 10.3 Å². The Hall–Kier alpha value is -1.09. The van der Waals surface area contributed by atoms with Gasteiger partial charge in [0, 0.05) is 31.4 Å². The summed E-state index contributed by atoms with van der Waals surface area (Å²) in [7, 11) is 0. The number of anilines is 1. The van der Waals surface area contributed by atoms with Gasteiger partial charge in [0.05, 0.1) is 0 Å². The zero-order chi connectivity index (χ0) is 10.8. The predicted octanol–water partition coefficient (Wildman–Crippen LogP) is 1.58. The lowest BCUT2D eigenvalue weighted by Crippen LogP contribution is -2.54. The second-order valence-electron chi connectivity index (χ2n) is 4.45. The molecule has 0 radical (unpaired) electrons. The van der Waals surface area contributed by atoms with Gasteiger partial charge in [0.1, 0.15) is 5.82 Å². The summed E-state index contributed by atoms with van der Waals surface area (Å²) in [6.45, 7) is 8.67. The van der Waals surface area contributed by atoms with Gasteiger partial charge in [-0.05, 0) is 32.4 Å². The molecule has 0 aromatic carbocycles. The lowest BCUT2D eigenvalue weighted by molar-refractivity contribution is 0.422. The van der Waals surface area contributed by atoms with E-state index in [2.05, 4.69) is 42.0 Å². The number of piperazine rings is 1. The van der Waals surface area contributed by atoms with Gasteiger partial charge in [-0.25, -0.2) is 4.98 Å². The Morgan fingerprint density at radius 3 is 3.00 bits per heavy atom. The molecule has 2 rings (SSSR count). The molecule has 1 aromatic heterocycles. The van der Waals surface area contributed by atoms with E-state index in [9.17, 15) is 0 Å². The first-order valence-corrected chi connectivity index (χ1v) is 5.60. The van der Waals surface area contributed by atoms with Gasteiger partial charge in [-0.1, -0.05) is 6.07 Å². The van der Waals surface area contributed by atoms with Crippen molar-refractivity contribution in [3.8, 4) is 0 Å². The van der Waals surface area contributed by atoms with Crippen LogP contribution in [0.3, 0.4) is 0 Å². The number of pyridine rings is 1. The molecule has 0 spiro atoms. The second-order valence-corrected chi connectivity index (χ2v) is 4.45. The van der Waals surface area contributed by atoms with E-state index in [4.69, 9.17) is 0 Å². The first-order valence-electron chi connectivity index (χ1n) is 5.60. The van der Waals surface area contributed by atoms with Crippen LogP contribution in [0, 0.1) is 6.92 Å². The highest BCUT2D eigenvalue weighted by Gasteiger charge is 2.24. The molecule has 1 aliphatic heterocycles. The third-order valence-corrected chi connectivity index (χ3v) is 3.02. The van der Waals surface area contributed by atoms with Crippen molar-refractivity contribution in [2.24, 2.45) is 0 Å². The van der Waals surface area contributed by atoms with E-state index in [-0.39, 0.29) is 0 Å². The second kappa shape index (κ2) is 4.19. The van der Waals surface area contributed by atoms with Crippen LogP contribution in [0.2, 0.25) is 0 Å². The number of aryl methyl sites for hydroxylation is 1. The highest BCUT2D eigenvalue weighted by molar-refractivity contribution is 5.47. The summed E-state index contributed by atoms with van der Waals surface area (Å²) in [5.74, 6) is 1.14. The first kappa shape index (κ1) is 10.4. The Balaban J connectivity index is 2.25. The van der Waals surface area contributed by atoms with E-state index in [1.807, 2.05) is 12.3 Å². The molecule has 1 saturated heterocycles. The van der Waals surface area contributed by atoms with Crippen LogP contribution in [0.5, 0.6) is 0 Å². The number of aromatic nitrogens is 1. The Labute approximate surface area is 91.5 Å². The maximum absolute atomic E-state index is 4.48. The maximum Gasteiger partial charge on any atom is 0.131 e. The predicted molar refractivity (Wildman–Crippen MR) is 63.2 cm³/mol. The molecule has 2 unspecified atom stereocenters. The van der Waals surface area contributed by atoms with Crippen molar-refractivity contribution in [3.63, 3.8) is 0 Å². The zero-order valence-corrected chi connectivity index (χ0v) is 9.70. The van der Waals surface area contributed by atoms with Crippen LogP contribution in [0.25, 0.3) is 0 Å². The van der Waals surface area contributed by atoms with Crippen molar-refractivity contribution in [2.45, 2.75) is 32.9 Å². The highest BCUT2D eigenvalue weighted by atomic mass is 15.3. The molecule has 15 heavy (non-hydrogen) atoms. The maximum atomic E-state index is 4.48. The fourth-order valence-electron chi connectivity index (χ4n) is 2.09. The molecule has 2 atom stereocenters. The lowest BCUT2D eigenvalue weighted by Gasteiger charge is -2.39. The fraction of sp³-hybridized carbons (Fsp3) is 0.583. The molecule has 1 N–H and O–H groups in total. The van der Waals surface area contributed by atoms with E-state index in [0.29, 0.717) is 12.1 Å². The fourth-order valence-corrected chi connectivity index (χ4v) is 2.09. The number of nitrogens with one attached hydrogen (secondary N) is 1. The summed E-state index contributed by atoms with van der Waals surface area (Å²) in [6.07, 6.45) is 1.88. The molecule has 2 heterocycles. The van der Waals surface area contributed by atoms with Crippen molar-refractivity contribution in [1.29, 1.82) is 0 Å². The van der Waals surface area contributed by atoms with Crippen LogP contribution in [0.4, 0.5) is 5.82 Å². The van der Waals surface area contributed by atoms with Crippen LogP contribution in [-0.4, -0.2) is 30.2 Å². The minimum atomic E-state index is 0.523. The normalized spacial score (nSPS) is 26.7. The third kappa shape index (κ3) is 2.12. The molecule has 1 fully saturated rings. The molecule has 3 nitrogen and oxygen atoms in total. The van der Waals surface area contributed by atoms with Gasteiger partial charge in [0.15, 0.2) is 0 Å². The van der Waals surface area contributed by atoms with E-state index >= 15 is 0 Å². The van der Waals surface area contributed by atoms with Crippen LogP contribution in [0.1, 0.15) is 19.4 Å². The molecule has 3 heteroatoms. The molecule has 82 valence electrons. The minimum absolute atomic E-state index is 0.523. The van der Waals surface area contributed by atoms with Crippen molar-refractivity contribution < 1.29 is 0 Å². The lowest BCUT2D eigenvalue weighted by atomic mass is 10.1. The van der Waals surface area contributed by atoms with E-state index in [1.165, 1.54) is 5.56 Å². The average molecular weight is 205 g/mol. The number of hydrogen-bond acceptors (Lipinski definition) is 3. The van der Waals surface area contributed by atoms with E-state index < -0.39 is 0 Å². The quantitative estimate of drug-likeness (QED) is 0.754. The summed E-state index contributed by atoms with van der Waals surface area (Å²) in [6, 6.07) is 5.19. The van der Waals surface area contributed by atoms with Gasteiger partial charge < -0.3 is 10.2 Å². The molecular formula is C12H19N3. The van der Waals surface area contributed by atoms with Gasteiger partial charge in [-0.3, -0.25) is 0 Å². The molecule has 0 aliphatic carbocycles. The van der Waals surface area contributed by atoms with Gasteiger partial charge in [-0.15, -0.1) is 0 Å². The number of nitrogens with zero attached hydrogens (tertiary/aromatic N) is 2. The minimum Gasteiger partial charge on any atom is -0.351 e. The standard InChI is InChI=1S/C12H19N3/c1-9-5-4-6-13-12(9)15-8-10(2)14-7-11(15)3/h4-6,10-11,14H,7-8H2,1-3H3. The van der Waals surface area contributed by atoms with Crippen LogP contribution >= 0.6 is 0 Å². The van der Waals surface area contributed by atoms with Crippen molar-refractivity contribution in [3.05, 3.63) is 23.9 Å². The summed E-state index contributed by atoms with van der Waals surface area (Å²) in [4.78, 5) is 6.88. The van der Waals surface area contributed by atoms with Gasteiger partial charge in [0.2, 0.25) is 0 Å². The molecule has 0 bridgehead atoms. The molecule has 1 aromatic rings. The van der Waals surface area contributed by atoms with Crippen LogP contribution in [-0.2, 0) is 0 Å². The van der Waals surface area contributed by atoms with Crippen LogP contribution < -0.4 is 10.2 Å². The Kier molecular flexibility index (Phi) is 2.91. The van der Waals surface area contributed by atoms with Crippen molar-refractivity contribution >= 4 is 5.82 Å². The topological polar surface area (TPSA) is 28.2 Å². The largest absolute Gasteiger partial charge is 0.351 e. The number of rotatable bonds is 1. The molecule has 1 aliphatic rings. The van der Waals surface area contributed by atoms with Crippen LogP contribution in [0.15, 0.2) is 18.3 Å². The summed E-state index contributed by atoms with van der Waals surface area (Å²) >= 11 is 0. The summed E-state index contributed by atoms with van der Waals surface area (Å²) in [5, 5.41) is 3.48. The first-order chi connectivity index (χ1) is 7.18. The Bertz CT molecular complexity index is 337. The van der Waals surface area contributed by atoms with Gasteiger partial charge >= 0.3 is 0 Å². The summed E-state index contributed by atoms with van der Waals surface area (Å²) in [5.41, 5.74) is 1.26. The van der Waals surface area contributed by atoms with Gasteiger partial charge in [-0.2, -0.15) is 0 Å². The number of hydrogen-bond donors (Lipinski definition) is 1. The van der Waals surface area contributed by atoms with E-state index in [1.54, 1.807) is 0 Å². The zero-order valence-electron chi connectivity index (χ0n) is 9.70. The monoisotopic (exact) mass is 205 g/mol. The molecule has 0 saturated carbocycles. The third-order valence-electron chi connectivity index (χ3n) is 3.02.